The average Bonchev–Trinajstić information content (AvgIpc) is 2.20. The summed E-state index contributed by atoms with van der Waals surface area (Å²) < 4.78 is 10.3. The van der Waals surface area contributed by atoms with Crippen molar-refractivity contribution in [2.45, 2.75) is 12.8 Å². The topological polar surface area (TPSA) is 33.7 Å². The van der Waals surface area contributed by atoms with Crippen LogP contribution in [0.25, 0.3) is 0 Å². The SMILES string of the molecule is COCCCOCCNCCCN(C)C. The molecule has 4 nitrogen and oxygen atoms in total. The minimum absolute atomic E-state index is 0.788. The number of hydrogen-bond donors (Lipinski definition) is 1. The van der Waals surface area contributed by atoms with Crippen molar-refractivity contribution in [3.63, 3.8) is 0 Å². The Morgan fingerprint density at radius 2 is 1.80 bits per heavy atom. The van der Waals surface area contributed by atoms with Gasteiger partial charge in [-0.2, -0.15) is 0 Å². The van der Waals surface area contributed by atoms with Crippen LogP contribution in [-0.4, -0.2) is 65.6 Å². The molecular formula is C11H26N2O2. The number of rotatable bonds is 11. The first-order valence-electron chi connectivity index (χ1n) is 5.69. The van der Waals surface area contributed by atoms with Gasteiger partial charge < -0.3 is 19.7 Å². The molecule has 4 heteroatoms. The first-order valence-corrected chi connectivity index (χ1v) is 5.69. The zero-order valence-electron chi connectivity index (χ0n) is 10.4. The van der Waals surface area contributed by atoms with Gasteiger partial charge in [-0.05, 0) is 40.0 Å². The highest BCUT2D eigenvalue weighted by atomic mass is 16.5. The quantitative estimate of drug-likeness (QED) is 0.514. The fourth-order valence-corrected chi connectivity index (χ4v) is 1.20. The van der Waals surface area contributed by atoms with E-state index in [0.29, 0.717) is 0 Å². The predicted octanol–water partition coefficient (Wildman–Crippen LogP) is 0.581. The Morgan fingerprint density at radius 1 is 1.00 bits per heavy atom. The second kappa shape index (κ2) is 11.9. The van der Waals surface area contributed by atoms with Gasteiger partial charge in [0.2, 0.25) is 0 Å². The maximum atomic E-state index is 5.41. The molecule has 0 aromatic rings. The summed E-state index contributed by atoms with van der Waals surface area (Å²) in [5.41, 5.74) is 0. The zero-order chi connectivity index (χ0) is 11.4. The number of methoxy groups -OCH3 is 1. The van der Waals surface area contributed by atoms with Crippen LogP contribution in [0.4, 0.5) is 0 Å². The molecule has 0 bridgehead atoms. The highest BCUT2D eigenvalue weighted by Gasteiger charge is 1.91. The molecule has 0 aliphatic heterocycles. The van der Waals surface area contributed by atoms with Crippen LogP contribution in [0, 0.1) is 0 Å². The normalized spacial score (nSPS) is 11.2. The van der Waals surface area contributed by atoms with Crippen molar-refractivity contribution in [3.05, 3.63) is 0 Å². The summed E-state index contributed by atoms with van der Waals surface area (Å²) in [5.74, 6) is 0. The van der Waals surface area contributed by atoms with Crippen molar-refractivity contribution in [3.8, 4) is 0 Å². The molecule has 15 heavy (non-hydrogen) atoms. The van der Waals surface area contributed by atoms with Gasteiger partial charge in [0.1, 0.15) is 0 Å². The minimum Gasteiger partial charge on any atom is -0.385 e. The Labute approximate surface area is 93.9 Å². The molecule has 1 N–H and O–H groups in total. The van der Waals surface area contributed by atoms with E-state index in [-0.39, 0.29) is 0 Å². The van der Waals surface area contributed by atoms with Crippen LogP contribution in [0.1, 0.15) is 12.8 Å². The fourth-order valence-electron chi connectivity index (χ4n) is 1.20. The Kier molecular flexibility index (Phi) is 11.8. The van der Waals surface area contributed by atoms with Gasteiger partial charge in [-0.3, -0.25) is 0 Å². The Balaban J connectivity index is 2.87. The van der Waals surface area contributed by atoms with Gasteiger partial charge in [0.05, 0.1) is 6.61 Å². The molecule has 0 aliphatic rings. The molecular weight excluding hydrogens is 192 g/mol. The predicted molar refractivity (Wildman–Crippen MR) is 63.4 cm³/mol. The van der Waals surface area contributed by atoms with Crippen molar-refractivity contribution in [1.29, 1.82) is 0 Å². The molecule has 0 saturated heterocycles. The van der Waals surface area contributed by atoms with Crippen LogP contribution >= 0.6 is 0 Å². The van der Waals surface area contributed by atoms with Crippen molar-refractivity contribution >= 4 is 0 Å². The van der Waals surface area contributed by atoms with E-state index >= 15 is 0 Å². The van der Waals surface area contributed by atoms with Gasteiger partial charge in [-0.15, -0.1) is 0 Å². The van der Waals surface area contributed by atoms with Gasteiger partial charge in [0.15, 0.2) is 0 Å². The van der Waals surface area contributed by atoms with Crippen LogP contribution < -0.4 is 5.32 Å². The van der Waals surface area contributed by atoms with E-state index in [1.165, 1.54) is 6.42 Å². The number of nitrogens with one attached hydrogen (secondary N) is 1. The number of ether oxygens (including phenoxy) is 2. The molecule has 0 atom stereocenters. The van der Waals surface area contributed by atoms with E-state index in [2.05, 4.69) is 24.3 Å². The molecule has 0 saturated carbocycles. The minimum atomic E-state index is 0.788. The zero-order valence-corrected chi connectivity index (χ0v) is 10.4. The third-order valence-corrected chi connectivity index (χ3v) is 2.02. The van der Waals surface area contributed by atoms with Crippen molar-refractivity contribution < 1.29 is 9.47 Å². The summed E-state index contributed by atoms with van der Waals surface area (Å²) in [4.78, 5) is 2.20. The maximum Gasteiger partial charge on any atom is 0.0590 e. The van der Waals surface area contributed by atoms with E-state index in [4.69, 9.17) is 9.47 Å². The standard InChI is InChI=1S/C11H26N2O2/c1-13(2)8-4-6-12-7-11-15-10-5-9-14-3/h12H,4-11H2,1-3H3. The molecule has 0 aliphatic carbocycles. The van der Waals surface area contributed by atoms with Gasteiger partial charge in [0, 0.05) is 26.9 Å². The van der Waals surface area contributed by atoms with Gasteiger partial charge >= 0.3 is 0 Å². The van der Waals surface area contributed by atoms with E-state index < -0.39 is 0 Å². The van der Waals surface area contributed by atoms with Crippen LogP contribution in [0.5, 0.6) is 0 Å². The molecule has 0 aromatic heterocycles. The van der Waals surface area contributed by atoms with Crippen molar-refractivity contribution in [1.82, 2.24) is 10.2 Å². The lowest BCUT2D eigenvalue weighted by molar-refractivity contribution is 0.104. The summed E-state index contributed by atoms with van der Waals surface area (Å²) >= 11 is 0. The lowest BCUT2D eigenvalue weighted by Crippen LogP contribution is -2.24. The molecule has 0 amide bonds. The Morgan fingerprint density at radius 3 is 2.47 bits per heavy atom. The third-order valence-electron chi connectivity index (χ3n) is 2.02. The second-order valence-electron chi connectivity index (χ2n) is 3.87. The van der Waals surface area contributed by atoms with E-state index in [0.717, 1.165) is 45.9 Å². The lowest BCUT2D eigenvalue weighted by atomic mass is 10.4. The molecule has 0 unspecified atom stereocenters. The maximum absolute atomic E-state index is 5.41. The van der Waals surface area contributed by atoms with Gasteiger partial charge in [0.25, 0.3) is 0 Å². The smallest absolute Gasteiger partial charge is 0.0590 e. The molecule has 92 valence electrons. The molecule has 0 rings (SSSR count). The molecule has 0 aromatic carbocycles. The Bertz CT molecular complexity index is 121. The van der Waals surface area contributed by atoms with Crippen LogP contribution in [-0.2, 0) is 9.47 Å². The molecule has 0 fully saturated rings. The van der Waals surface area contributed by atoms with Crippen LogP contribution in [0.3, 0.4) is 0 Å². The Hall–Kier alpha value is -0.160. The van der Waals surface area contributed by atoms with Crippen LogP contribution in [0.2, 0.25) is 0 Å². The molecule has 0 heterocycles. The first kappa shape index (κ1) is 14.8. The van der Waals surface area contributed by atoms with E-state index in [9.17, 15) is 0 Å². The van der Waals surface area contributed by atoms with Crippen LogP contribution in [0.15, 0.2) is 0 Å². The summed E-state index contributed by atoms with van der Waals surface area (Å²) in [6.07, 6.45) is 2.17. The summed E-state index contributed by atoms with van der Waals surface area (Å²) in [6, 6.07) is 0. The van der Waals surface area contributed by atoms with Gasteiger partial charge in [-0.1, -0.05) is 0 Å². The summed E-state index contributed by atoms with van der Waals surface area (Å²) in [6.45, 7) is 5.54. The highest BCUT2D eigenvalue weighted by molar-refractivity contribution is 4.50. The summed E-state index contributed by atoms with van der Waals surface area (Å²) in [5, 5.41) is 3.35. The third kappa shape index (κ3) is 13.8. The number of hydrogen-bond acceptors (Lipinski definition) is 4. The molecule has 0 spiro atoms. The second-order valence-corrected chi connectivity index (χ2v) is 3.87. The summed E-state index contributed by atoms with van der Waals surface area (Å²) in [7, 11) is 5.91. The van der Waals surface area contributed by atoms with Crippen molar-refractivity contribution in [2.24, 2.45) is 0 Å². The highest BCUT2D eigenvalue weighted by Crippen LogP contribution is 1.83. The van der Waals surface area contributed by atoms with Gasteiger partial charge in [-0.25, -0.2) is 0 Å². The first-order chi connectivity index (χ1) is 7.27. The fraction of sp³-hybridized carbons (Fsp3) is 1.00. The monoisotopic (exact) mass is 218 g/mol. The van der Waals surface area contributed by atoms with E-state index in [1.807, 2.05) is 0 Å². The largest absolute Gasteiger partial charge is 0.385 e. The molecule has 0 radical (unpaired) electrons. The lowest BCUT2D eigenvalue weighted by Gasteiger charge is -2.09. The van der Waals surface area contributed by atoms with E-state index in [1.54, 1.807) is 7.11 Å². The van der Waals surface area contributed by atoms with Crippen molar-refractivity contribution in [2.75, 3.05) is 60.7 Å². The average molecular weight is 218 g/mol. The number of nitrogens with zero attached hydrogens (tertiary/aromatic N) is 1.